The number of hydrogen-bond donors (Lipinski definition) is 1. The molecule has 1 heterocycles. The van der Waals surface area contributed by atoms with E-state index < -0.39 is 22.8 Å². The van der Waals surface area contributed by atoms with Gasteiger partial charge in [0.15, 0.2) is 0 Å². The quantitative estimate of drug-likeness (QED) is 0.616. The Labute approximate surface area is 155 Å². The van der Waals surface area contributed by atoms with Crippen molar-refractivity contribution in [2.24, 2.45) is 0 Å². The molecule has 3 rings (SSSR count). The predicted octanol–water partition coefficient (Wildman–Crippen LogP) is 3.47. The van der Waals surface area contributed by atoms with E-state index in [9.17, 15) is 19.7 Å². The molecule has 8 nitrogen and oxygen atoms in total. The van der Waals surface area contributed by atoms with E-state index in [0.717, 1.165) is 0 Å². The van der Waals surface area contributed by atoms with Crippen LogP contribution in [-0.2, 0) is 4.79 Å². The Bertz CT molecular complexity index is 868. The lowest BCUT2D eigenvalue weighted by Crippen LogP contribution is -2.37. The number of para-hydroxylation sites is 1. The number of likely N-dealkylation sites (tertiary alicyclic amines) is 1. The van der Waals surface area contributed by atoms with Gasteiger partial charge >= 0.3 is 5.97 Å². The van der Waals surface area contributed by atoms with E-state index in [1.807, 2.05) is 6.07 Å². The van der Waals surface area contributed by atoms with Gasteiger partial charge in [0.05, 0.1) is 16.9 Å². The zero-order valence-electron chi connectivity index (χ0n) is 14.4. The topological polar surface area (TPSA) is 110 Å². The van der Waals surface area contributed by atoms with Crippen LogP contribution in [0.5, 0.6) is 11.5 Å². The normalized spacial score (nSPS) is 16.1. The maximum Gasteiger partial charge on any atom is 0.305 e. The monoisotopic (exact) mass is 370 g/mol. The summed E-state index contributed by atoms with van der Waals surface area (Å²) in [5, 5.41) is 20.2. The molecule has 1 unspecified atom stereocenters. The molecule has 1 saturated heterocycles. The number of rotatable bonds is 6. The van der Waals surface area contributed by atoms with Crippen LogP contribution < -0.4 is 4.74 Å². The van der Waals surface area contributed by atoms with Crippen LogP contribution in [0.1, 0.15) is 29.6 Å². The minimum atomic E-state index is -0.987. The molecular formula is C19H18N2O6. The average molecular weight is 370 g/mol. The average Bonchev–Trinajstić information content (AvgIpc) is 3.09. The molecule has 1 aliphatic heterocycles. The Morgan fingerprint density at radius 1 is 1.22 bits per heavy atom. The lowest BCUT2D eigenvalue weighted by Gasteiger charge is -2.24. The number of aliphatic carboxylic acids is 1. The first kappa shape index (κ1) is 18.4. The number of nitro benzene ring substituents is 1. The second kappa shape index (κ2) is 7.86. The first-order valence-corrected chi connectivity index (χ1v) is 8.50. The van der Waals surface area contributed by atoms with Crippen LogP contribution in [0.3, 0.4) is 0 Å². The van der Waals surface area contributed by atoms with E-state index >= 15 is 0 Å². The fraction of sp³-hybridized carbons (Fsp3) is 0.263. The van der Waals surface area contributed by atoms with Gasteiger partial charge in [-0.3, -0.25) is 19.7 Å². The van der Waals surface area contributed by atoms with Crippen molar-refractivity contribution >= 4 is 17.6 Å². The Morgan fingerprint density at radius 3 is 2.63 bits per heavy atom. The third-order valence-corrected chi connectivity index (χ3v) is 4.42. The van der Waals surface area contributed by atoms with Crippen molar-refractivity contribution in [3.05, 3.63) is 64.2 Å². The zero-order chi connectivity index (χ0) is 19.4. The highest BCUT2D eigenvalue weighted by Gasteiger charge is 2.33. The molecule has 140 valence electrons. The van der Waals surface area contributed by atoms with Crippen LogP contribution in [0, 0.1) is 10.1 Å². The Hall–Kier alpha value is -3.42. The summed E-state index contributed by atoms with van der Waals surface area (Å²) in [4.78, 5) is 36.1. The third-order valence-electron chi connectivity index (χ3n) is 4.42. The van der Waals surface area contributed by atoms with Gasteiger partial charge < -0.3 is 14.7 Å². The number of carboxylic acid groups (broad SMARTS) is 1. The molecular weight excluding hydrogens is 352 g/mol. The van der Waals surface area contributed by atoms with Crippen LogP contribution in [0.2, 0.25) is 0 Å². The van der Waals surface area contributed by atoms with Crippen LogP contribution in [-0.4, -0.2) is 39.4 Å². The molecule has 2 aromatic rings. The summed E-state index contributed by atoms with van der Waals surface area (Å²) in [6, 6.07) is 12.2. The van der Waals surface area contributed by atoms with Gasteiger partial charge in [-0.05, 0) is 31.0 Å². The number of carboxylic acids is 1. The first-order valence-electron chi connectivity index (χ1n) is 8.50. The van der Waals surface area contributed by atoms with Crippen molar-refractivity contribution in [1.29, 1.82) is 0 Å². The number of nitro groups is 1. The van der Waals surface area contributed by atoms with Crippen LogP contribution >= 0.6 is 0 Å². The first-order chi connectivity index (χ1) is 13.0. The molecule has 1 N–H and O–H groups in total. The number of hydrogen-bond acceptors (Lipinski definition) is 5. The minimum absolute atomic E-state index is 0.0466. The third kappa shape index (κ3) is 4.22. The number of carbonyl (C=O) groups is 2. The molecule has 0 bridgehead atoms. The van der Waals surface area contributed by atoms with E-state index in [2.05, 4.69) is 0 Å². The summed E-state index contributed by atoms with van der Waals surface area (Å²) in [6.45, 7) is 0.407. The lowest BCUT2D eigenvalue weighted by atomic mass is 10.1. The van der Waals surface area contributed by atoms with Gasteiger partial charge in [0, 0.05) is 24.7 Å². The maximum absolute atomic E-state index is 13.1. The number of carbonyl (C=O) groups excluding carboxylic acids is 1. The zero-order valence-corrected chi connectivity index (χ0v) is 14.4. The molecule has 0 spiro atoms. The van der Waals surface area contributed by atoms with Gasteiger partial charge in [0.1, 0.15) is 11.5 Å². The molecule has 2 aromatic carbocycles. The number of benzene rings is 2. The van der Waals surface area contributed by atoms with Crippen molar-refractivity contribution in [1.82, 2.24) is 4.90 Å². The lowest BCUT2D eigenvalue weighted by molar-refractivity contribution is -0.384. The number of amides is 1. The molecule has 1 fully saturated rings. The van der Waals surface area contributed by atoms with E-state index in [-0.39, 0.29) is 23.4 Å². The smallest absolute Gasteiger partial charge is 0.305 e. The summed E-state index contributed by atoms with van der Waals surface area (Å²) < 4.78 is 5.75. The molecule has 1 aliphatic rings. The molecule has 27 heavy (non-hydrogen) atoms. The van der Waals surface area contributed by atoms with E-state index in [1.165, 1.54) is 23.1 Å². The Morgan fingerprint density at radius 2 is 1.96 bits per heavy atom. The molecule has 0 aromatic heterocycles. The molecule has 1 amide bonds. The van der Waals surface area contributed by atoms with Gasteiger partial charge in [-0.15, -0.1) is 0 Å². The highest BCUT2D eigenvalue weighted by molar-refractivity contribution is 5.98. The summed E-state index contributed by atoms with van der Waals surface area (Å²) in [6.07, 6.45) is 1.12. The van der Waals surface area contributed by atoms with E-state index in [4.69, 9.17) is 9.84 Å². The number of non-ortho nitro benzene ring substituents is 1. The molecule has 0 aliphatic carbocycles. The van der Waals surface area contributed by atoms with Crippen molar-refractivity contribution < 1.29 is 24.4 Å². The van der Waals surface area contributed by atoms with Crippen LogP contribution in [0.4, 0.5) is 5.69 Å². The second-order valence-corrected chi connectivity index (χ2v) is 6.25. The number of ether oxygens (including phenoxy) is 1. The largest absolute Gasteiger partial charge is 0.481 e. The second-order valence-electron chi connectivity index (χ2n) is 6.25. The predicted molar refractivity (Wildman–Crippen MR) is 95.9 cm³/mol. The van der Waals surface area contributed by atoms with Crippen molar-refractivity contribution in [3.8, 4) is 11.5 Å². The van der Waals surface area contributed by atoms with Crippen molar-refractivity contribution in [2.75, 3.05) is 6.54 Å². The van der Waals surface area contributed by atoms with Crippen LogP contribution in [0.25, 0.3) is 0 Å². The van der Waals surface area contributed by atoms with Gasteiger partial charge in [-0.1, -0.05) is 18.2 Å². The van der Waals surface area contributed by atoms with Crippen LogP contribution in [0.15, 0.2) is 48.5 Å². The summed E-state index contributed by atoms with van der Waals surface area (Å²) >= 11 is 0. The number of nitrogens with zero attached hydrogens (tertiary/aromatic N) is 2. The van der Waals surface area contributed by atoms with Gasteiger partial charge in [-0.25, -0.2) is 0 Å². The SMILES string of the molecule is O=C(O)CC1CCCN1C(=O)c1cc([N+](=O)[O-])ccc1Oc1ccccc1. The standard InChI is InChI=1S/C19H18N2O6/c22-18(23)12-13-5-4-10-20(13)19(24)16-11-14(21(25)26)8-9-17(16)27-15-6-2-1-3-7-15/h1-3,6-9,11,13H,4-5,10,12H2,(H,22,23). The summed E-state index contributed by atoms with van der Waals surface area (Å²) in [5.74, 6) is -0.769. The van der Waals surface area contributed by atoms with E-state index in [1.54, 1.807) is 24.3 Å². The fourth-order valence-corrected chi connectivity index (χ4v) is 3.17. The maximum atomic E-state index is 13.1. The summed E-state index contributed by atoms with van der Waals surface area (Å²) in [5.41, 5.74) is -0.182. The van der Waals surface area contributed by atoms with E-state index in [0.29, 0.717) is 25.1 Å². The van der Waals surface area contributed by atoms with Gasteiger partial charge in [-0.2, -0.15) is 0 Å². The van der Waals surface area contributed by atoms with Crippen molar-refractivity contribution in [2.45, 2.75) is 25.3 Å². The van der Waals surface area contributed by atoms with Gasteiger partial charge in [0.2, 0.25) is 0 Å². The molecule has 0 saturated carbocycles. The Kier molecular flexibility index (Phi) is 5.35. The fourth-order valence-electron chi connectivity index (χ4n) is 3.17. The minimum Gasteiger partial charge on any atom is -0.481 e. The molecule has 8 heteroatoms. The molecule has 0 radical (unpaired) electrons. The summed E-state index contributed by atoms with van der Waals surface area (Å²) in [7, 11) is 0. The molecule has 1 atom stereocenters. The highest BCUT2D eigenvalue weighted by atomic mass is 16.6. The van der Waals surface area contributed by atoms with Gasteiger partial charge in [0.25, 0.3) is 11.6 Å². The Balaban J connectivity index is 1.95. The highest BCUT2D eigenvalue weighted by Crippen LogP contribution is 2.32. The van der Waals surface area contributed by atoms with Crippen molar-refractivity contribution in [3.63, 3.8) is 0 Å².